The summed E-state index contributed by atoms with van der Waals surface area (Å²) in [7, 11) is 0. The number of carbonyl (C=O) groups is 2. The number of nitrogen functional groups attached to an aromatic ring is 1. The number of rotatable bonds is 4. The highest BCUT2D eigenvalue weighted by atomic mass is 16.4. The van der Waals surface area contributed by atoms with Crippen LogP contribution in [-0.4, -0.2) is 28.3 Å². The maximum atomic E-state index is 11.9. The normalized spacial score (nSPS) is 10.5. The molecule has 0 atom stereocenters. The lowest BCUT2D eigenvalue weighted by molar-refractivity contribution is 0.0696. The molecule has 0 saturated carbocycles. The van der Waals surface area contributed by atoms with Crippen LogP contribution in [-0.2, 0) is 0 Å². The van der Waals surface area contributed by atoms with Crippen molar-refractivity contribution in [3.05, 3.63) is 59.2 Å². The summed E-state index contributed by atoms with van der Waals surface area (Å²) in [6, 6.07) is 10.3. The number of para-hydroxylation sites is 1. The van der Waals surface area contributed by atoms with E-state index in [-0.39, 0.29) is 22.6 Å². The van der Waals surface area contributed by atoms with Gasteiger partial charge >= 0.3 is 5.97 Å². The van der Waals surface area contributed by atoms with Crippen molar-refractivity contribution in [2.24, 2.45) is 5.10 Å². The summed E-state index contributed by atoms with van der Waals surface area (Å²) in [4.78, 5) is 22.6. The van der Waals surface area contributed by atoms with Gasteiger partial charge in [-0.05, 0) is 29.8 Å². The average molecular weight is 299 g/mol. The third kappa shape index (κ3) is 3.40. The number of hydrogen-bond donors (Lipinski definition) is 4. The molecule has 112 valence electrons. The van der Waals surface area contributed by atoms with E-state index in [1.807, 2.05) is 0 Å². The Labute approximate surface area is 125 Å². The van der Waals surface area contributed by atoms with Gasteiger partial charge in [0.1, 0.15) is 5.75 Å². The number of amides is 1. The fourth-order valence-electron chi connectivity index (χ4n) is 1.69. The number of phenolic OH excluding ortho intramolecular Hbond substituents is 1. The third-order valence-corrected chi connectivity index (χ3v) is 2.87. The Bertz CT molecular complexity index is 739. The van der Waals surface area contributed by atoms with Crippen molar-refractivity contribution < 1.29 is 19.8 Å². The molecular formula is C15H13N3O4. The van der Waals surface area contributed by atoms with E-state index in [0.29, 0.717) is 5.56 Å². The lowest BCUT2D eigenvalue weighted by Crippen LogP contribution is -2.19. The van der Waals surface area contributed by atoms with E-state index in [1.54, 1.807) is 12.1 Å². The quantitative estimate of drug-likeness (QED) is 0.294. The second kappa shape index (κ2) is 6.40. The van der Waals surface area contributed by atoms with E-state index in [0.717, 1.165) is 0 Å². The Morgan fingerprint density at radius 2 is 1.82 bits per heavy atom. The zero-order valence-corrected chi connectivity index (χ0v) is 11.4. The number of carboxylic acids is 1. The number of anilines is 1. The van der Waals surface area contributed by atoms with Crippen LogP contribution in [0.15, 0.2) is 47.6 Å². The van der Waals surface area contributed by atoms with Gasteiger partial charge in [0.05, 0.1) is 23.0 Å². The third-order valence-electron chi connectivity index (χ3n) is 2.87. The fraction of sp³-hybridized carbons (Fsp3) is 0. The first-order valence-corrected chi connectivity index (χ1v) is 6.23. The molecule has 0 spiro atoms. The topological polar surface area (TPSA) is 125 Å². The smallest absolute Gasteiger partial charge is 0.335 e. The number of aromatic carboxylic acids is 1. The van der Waals surface area contributed by atoms with Crippen molar-refractivity contribution >= 4 is 23.8 Å². The van der Waals surface area contributed by atoms with Crippen LogP contribution in [0.4, 0.5) is 5.69 Å². The Balaban J connectivity index is 2.04. The lowest BCUT2D eigenvalue weighted by Gasteiger charge is -2.05. The van der Waals surface area contributed by atoms with Crippen LogP contribution >= 0.6 is 0 Å². The maximum absolute atomic E-state index is 11.9. The molecule has 7 heteroatoms. The Kier molecular flexibility index (Phi) is 4.38. The molecule has 7 nitrogen and oxygen atoms in total. The van der Waals surface area contributed by atoms with E-state index in [4.69, 9.17) is 10.8 Å². The molecule has 0 unspecified atom stereocenters. The minimum Gasteiger partial charge on any atom is -0.506 e. The summed E-state index contributed by atoms with van der Waals surface area (Å²) in [5.74, 6) is -1.76. The zero-order valence-electron chi connectivity index (χ0n) is 11.4. The number of hydrazone groups is 1. The molecule has 0 aliphatic heterocycles. The van der Waals surface area contributed by atoms with Crippen LogP contribution in [0.25, 0.3) is 0 Å². The number of nitrogens with one attached hydrogen (secondary N) is 1. The molecule has 2 rings (SSSR count). The molecule has 22 heavy (non-hydrogen) atoms. The molecule has 0 heterocycles. The maximum Gasteiger partial charge on any atom is 0.335 e. The molecule has 0 aliphatic rings. The highest BCUT2D eigenvalue weighted by Gasteiger charge is 2.11. The predicted octanol–water partition coefficient (Wildman–Crippen LogP) is 1.44. The van der Waals surface area contributed by atoms with Gasteiger partial charge in [-0.25, -0.2) is 10.2 Å². The van der Waals surface area contributed by atoms with Crippen molar-refractivity contribution in [2.45, 2.75) is 0 Å². The fourth-order valence-corrected chi connectivity index (χ4v) is 1.69. The SMILES string of the molecule is Nc1c(O)cccc1C(=O)N/N=C/c1ccc(C(=O)O)cc1. The Morgan fingerprint density at radius 1 is 1.14 bits per heavy atom. The standard InChI is InChI=1S/C15H13N3O4/c16-13-11(2-1-3-12(13)19)14(20)18-17-8-9-4-6-10(7-5-9)15(21)22/h1-8,19H,16H2,(H,18,20)(H,21,22)/b17-8+. The highest BCUT2D eigenvalue weighted by Crippen LogP contribution is 2.23. The number of nitrogens with zero attached hydrogens (tertiary/aromatic N) is 1. The number of hydrogen-bond acceptors (Lipinski definition) is 5. The summed E-state index contributed by atoms with van der Waals surface area (Å²) in [6.07, 6.45) is 1.36. The number of aromatic hydroxyl groups is 1. The van der Waals surface area contributed by atoms with Crippen LogP contribution in [0.5, 0.6) is 5.75 Å². The van der Waals surface area contributed by atoms with Gasteiger partial charge in [-0.15, -0.1) is 0 Å². The highest BCUT2D eigenvalue weighted by molar-refractivity contribution is 6.00. The molecule has 0 bridgehead atoms. The van der Waals surface area contributed by atoms with Gasteiger partial charge in [-0.1, -0.05) is 18.2 Å². The Hall–Kier alpha value is -3.35. The monoisotopic (exact) mass is 299 g/mol. The van der Waals surface area contributed by atoms with E-state index < -0.39 is 11.9 Å². The molecule has 2 aromatic rings. The minimum absolute atomic E-state index is 0.0268. The largest absolute Gasteiger partial charge is 0.506 e. The predicted molar refractivity (Wildman–Crippen MR) is 81.0 cm³/mol. The van der Waals surface area contributed by atoms with Gasteiger partial charge in [0.25, 0.3) is 5.91 Å². The van der Waals surface area contributed by atoms with Crippen LogP contribution < -0.4 is 11.2 Å². The molecule has 2 aromatic carbocycles. The molecule has 0 aromatic heterocycles. The van der Waals surface area contributed by atoms with Crippen LogP contribution in [0.3, 0.4) is 0 Å². The van der Waals surface area contributed by atoms with Crippen molar-refractivity contribution in [1.82, 2.24) is 5.43 Å². The van der Waals surface area contributed by atoms with Crippen molar-refractivity contribution in [3.8, 4) is 5.75 Å². The zero-order chi connectivity index (χ0) is 16.1. The van der Waals surface area contributed by atoms with Gasteiger partial charge in [-0.2, -0.15) is 5.10 Å². The van der Waals surface area contributed by atoms with Gasteiger partial charge in [-0.3, -0.25) is 4.79 Å². The summed E-state index contributed by atoms with van der Waals surface area (Å²) in [6.45, 7) is 0. The minimum atomic E-state index is -1.02. The first-order chi connectivity index (χ1) is 10.5. The molecule has 1 amide bonds. The lowest BCUT2D eigenvalue weighted by atomic mass is 10.1. The second-order valence-corrected chi connectivity index (χ2v) is 4.36. The van der Waals surface area contributed by atoms with Gasteiger partial charge < -0.3 is 15.9 Å². The molecule has 0 radical (unpaired) electrons. The van der Waals surface area contributed by atoms with Gasteiger partial charge in [0.15, 0.2) is 0 Å². The molecule has 5 N–H and O–H groups in total. The summed E-state index contributed by atoms with van der Waals surface area (Å²) in [5.41, 5.74) is 8.73. The first kappa shape index (κ1) is 15.0. The molecule has 0 aliphatic carbocycles. The second-order valence-electron chi connectivity index (χ2n) is 4.36. The number of nitrogens with two attached hydrogens (primary N) is 1. The van der Waals surface area contributed by atoms with E-state index in [1.165, 1.54) is 36.5 Å². The van der Waals surface area contributed by atoms with E-state index in [2.05, 4.69) is 10.5 Å². The van der Waals surface area contributed by atoms with Crippen LogP contribution in [0.1, 0.15) is 26.3 Å². The van der Waals surface area contributed by atoms with E-state index >= 15 is 0 Å². The number of carbonyl (C=O) groups excluding carboxylic acids is 1. The number of benzene rings is 2. The van der Waals surface area contributed by atoms with Crippen LogP contribution in [0.2, 0.25) is 0 Å². The number of phenols is 1. The summed E-state index contributed by atoms with van der Waals surface area (Å²) < 4.78 is 0. The van der Waals surface area contributed by atoms with E-state index in [9.17, 15) is 14.7 Å². The molecule has 0 fully saturated rings. The van der Waals surface area contributed by atoms with Crippen molar-refractivity contribution in [3.63, 3.8) is 0 Å². The van der Waals surface area contributed by atoms with Crippen molar-refractivity contribution in [1.29, 1.82) is 0 Å². The molecular weight excluding hydrogens is 286 g/mol. The number of carboxylic acid groups (broad SMARTS) is 1. The first-order valence-electron chi connectivity index (χ1n) is 6.23. The van der Waals surface area contributed by atoms with Gasteiger partial charge in [0, 0.05) is 0 Å². The Morgan fingerprint density at radius 3 is 2.45 bits per heavy atom. The molecule has 0 saturated heterocycles. The van der Waals surface area contributed by atoms with Crippen molar-refractivity contribution in [2.75, 3.05) is 5.73 Å². The van der Waals surface area contributed by atoms with Crippen LogP contribution in [0, 0.1) is 0 Å². The summed E-state index contributed by atoms with van der Waals surface area (Å²) in [5, 5.41) is 22.0. The average Bonchev–Trinajstić information content (AvgIpc) is 2.50. The van der Waals surface area contributed by atoms with Gasteiger partial charge in [0.2, 0.25) is 0 Å². The summed E-state index contributed by atoms with van der Waals surface area (Å²) >= 11 is 0.